The Morgan fingerprint density at radius 1 is 1.24 bits per heavy atom. The van der Waals surface area contributed by atoms with Crippen molar-refractivity contribution in [1.29, 1.82) is 0 Å². The molecule has 0 bridgehead atoms. The first-order valence-corrected chi connectivity index (χ1v) is 9.87. The molecule has 0 aromatic heterocycles. The van der Waals surface area contributed by atoms with E-state index in [1.54, 1.807) is 0 Å². The smallest absolute Gasteiger partial charge is 0.152 e. The SMILES string of the molecule is C/C1=N\C(NC2CCCCC2S(C)(=O)=O)=C/CCCCN1. The van der Waals surface area contributed by atoms with Gasteiger partial charge in [-0.15, -0.1) is 0 Å². The van der Waals surface area contributed by atoms with Crippen molar-refractivity contribution in [3.63, 3.8) is 0 Å². The van der Waals surface area contributed by atoms with Crippen LogP contribution >= 0.6 is 0 Å². The Bertz CT molecular complexity index is 511. The predicted octanol–water partition coefficient (Wildman–Crippen LogP) is 1.97. The minimum atomic E-state index is -3.02. The van der Waals surface area contributed by atoms with Gasteiger partial charge in [0.1, 0.15) is 11.7 Å². The fraction of sp³-hybridized carbons (Fsp3) is 0.800. The van der Waals surface area contributed by atoms with Crippen molar-refractivity contribution in [2.45, 2.75) is 63.2 Å². The Kier molecular flexibility index (Phi) is 5.67. The van der Waals surface area contributed by atoms with Gasteiger partial charge < -0.3 is 10.6 Å². The van der Waals surface area contributed by atoms with E-state index in [4.69, 9.17) is 0 Å². The molecule has 2 aliphatic rings. The van der Waals surface area contributed by atoms with E-state index in [0.717, 1.165) is 63.1 Å². The summed E-state index contributed by atoms with van der Waals surface area (Å²) < 4.78 is 23.9. The van der Waals surface area contributed by atoms with Crippen molar-refractivity contribution in [3.8, 4) is 0 Å². The van der Waals surface area contributed by atoms with Crippen LogP contribution in [0.3, 0.4) is 0 Å². The van der Waals surface area contributed by atoms with Crippen LogP contribution < -0.4 is 10.6 Å². The Balaban J connectivity index is 2.12. The summed E-state index contributed by atoms with van der Waals surface area (Å²) in [5, 5.41) is 6.39. The molecule has 1 aliphatic heterocycles. The van der Waals surface area contributed by atoms with Crippen molar-refractivity contribution >= 4 is 15.7 Å². The largest absolute Gasteiger partial charge is 0.374 e. The third-order valence-corrected chi connectivity index (χ3v) is 5.89. The first-order valence-electron chi connectivity index (χ1n) is 7.91. The molecular weight excluding hydrogens is 286 g/mol. The molecule has 0 radical (unpaired) electrons. The maximum absolute atomic E-state index is 12.0. The molecule has 1 fully saturated rings. The number of hydrogen-bond donors (Lipinski definition) is 2. The lowest BCUT2D eigenvalue weighted by atomic mass is 9.95. The summed E-state index contributed by atoms with van der Waals surface area (Å²) in [6, 6.07) is -0.0164. The van der Waals surface area contributed by atoms with Crippen LogP contribution in [0.5, 0.6) is 0 Å². The zero-order chi connectivity index (χ0) is 15.3. The van der Waals surface area contributed by atoms with E-state index in [0.29, 0.717) is 0 Å². The standard InChI is InChI=1S/C15H27N3O2S/c1-12-16-11-7-3-4-10-15(17-12)18-13-8-5-6-9-14(13)21(2,19)20/h10,13-14,18H,3-9,11H2,1-2H3,(H,16,17)/b15-10+. The Morgan fingerprint density at radius 2 is 2.00 bits per heavy atom. The molecule has 1 heterocycles. The van der Waals surface area contributed by atoms with E-state index < -0.39 is 9.84 Å². The lowest BCUT2D eigenvalue weighted by Crippen LogP contribution is -2.45. The van der Waals surface area contributed by atoms with Gasteiger partial charge in [-0.05, 0) is 45.1 Å². The van der Waals surface area contributed by atoms with Gasteiger partial charge >= 0.3 is 0 Å². The number of nitrogens with one attached hydrogen (secondary N) is 2. The van der Waals surface area contributed by atoms with Gasteiger partial charge in [-0.25, -0.2) is 13.4 Å². The molecule has 5 nitrogen and oxygen atoms in total. The van der Waals surface area contributed by atoms with Gasteiger partial charge in [-0.2, -0.15) is 0 Å². The van der Waals surface area contributed by atoms with E-state index in [1.165, 1.54) is 6.26 Å². The highest BCUT2D eigenvalue weighted by molar-refractivity contribution is 7.91. The first-order chi connectivity index (χ1) is 9.97. The van der Waals surface area contributed by atoms with Gasteiger partial charge in [0.15, 0.2) is 9.84 Å². The highest BCUT2D eigenvalue weighted by Gasteiger charge is 2.32. The number of aliphatic imine (C=N–C) groups is 1. The highest BCUT2D eigenvalue weighted by atomic mass is 32.2. The molecule has 0 saturated heterocycles. The highest BCUT2D eigenvalue weighted by Crippen LogP contribution is 2.25. The minimum Gasteiger partial charge on any atom is -0.374 e. The normalized spacial score (nSPS) is 33.2. The lowest BCUT2D eigenvalue weighted by Gasteiger charge is -2.31. The average molecular weight is 313 g/mol. The van der Waals surface area contributed by atoms with Crippen LogP contribution in [0, 0.1) is 0 Å². The summed E-state index contributed by atoms with van der Waals surface area (Å²) in [6.07, 6.45) is 10.4. The van der Waals surface area contributed by atoms with Gasteiger partial charge in [0.25, 0.3) is 0 Å². The molecule has 0 aromatic rings. The van der Waals surface area contributed by atoms with Crippen molar-refractivity contribution in [2.24, 2.45) is 4.99 Å². The van der Waals surface area contributed by atoms with E-state index in [-0.39, 0.29) is 11.3 Å². The lowest BCUT2D eigenvalue weighted by molar-refractivity contribution is 0.391. The maximum Gasteiger partial charge on any atom is 0.152 e. The van der Waals surface area contributed by atoms with E-state index >= 15 is 0 Å². The minimum absolute atomic E-state index is 0.0164. The molecule has 1 aliphatic carbocycles. The summed E-state index contributed by atoms with van der Waals surface area (Å²) in [5.41, 5.74) is 0. The molecule has 2 N–H and O–H groups in total. The average Bonchev–Trinajstić information content (AvgIpc) is 2.50. The van der Waals surface area contributed by atoms with Gasteiger partial charge in [-0.1, -0.05) is 12.8 Å². The molecule has 0 spiro atoms. The van der Waals surface area contributed by atoms with Crippen LogP contribution in [0.2, 0.25) is 0 Å². The van der Waals surface area contributed by atoms with Crippen LogP contribution in [-0.4, -0.2) is 38.3 Å². The molecule has 2 rings (SSSR count). The van der Waals surface area contributed by atoms with Crippen molar-refractivity contribution < 1.29 is 8.42 Å². The zero-order valence-corrected chi connectivity index (χ0v) is 13.9. The molecule has 6 heteroatoms. The summed E-state index contributed by atoms with van der Waals surface area (Å²) in [4.78, 5) is 4.57. The van der Waals surface area contributed by atoms with Crippen LogP contribution in [0.15, 0.2) is 16.9 Å². The quantitative estimate of drug-likeness (QED) is 0.835. The van der Waals surface area contributed by atoms with Crippen LogP contribution in [-0.2, 0) is 9.84 Å². The van der Waals surface area contributed by atoms with Crippen molar-refractivity contribution in [2.75, 3.05) is 12.8 Å². The number of rotatable bonds is 3. The third kappa shape index (κ3) is 5.02. The Morgan fingerprint density at radius 3 is 2.76 bits per heavy atom. The summed E-state index contributed by atoms with van der Waals surface area (Å²) in [6.45, 7) is 2.90. The summed E-state index contributed by atoms with van der Waals surface area (Å²) in [7, 11) is -3.02. The summed E-state index contributed by atoms with van der Waals surface area (Å²) >= 11 is 0. The number of nitrogens with zero attached hydrogens (tertiary/aromatic N) is 1. The molecule has 0 amide bonds. The van der Waals surface area contributed by atoms with E-state index in [9.17, 15) is 8.42 Å². The number of sulfone groups is 1. The predicted molar refractivity (Wildman–Crippen MR) is 87.1 cm³/mol. The fourth-order valence-corrected chi connectivity index (χ4v) is 4.49. The van der Waals surface area contributed by atoms with Crippen LogP contribution in [0.4, 0.5) is 0 Å². The van der Waals surface area contributed by atoms with Gasteiger partial charge in [0.05, 0.1) is 5.25 Å². The third-order valence-electron chi connectivity index (χ3n) is 4.22. The fourth-order valence-electron chi connectivity index (χ4n) is 3.10. The van der Waals surface area contributed by atoms with Gasteiger partial charge in [0.2, 0.25) is 0 Å². The molecule has 2 unspecified atom stereocenters. The summed E-state index contributed by atoms with van der Waals surface area (Å²) in [5.74, 6) is 1.71. The zero-order valence-electron chi connectivity index (χ0n) is 13.1. The molecule has 0 aromatic carbocycles. The second-order valence-electron chi connectivity index (χ2n) is 6.11. The van der Waals surface area contributed by atoms with Gasteiger partial charge in [0, 0.05) is 18.8 Å². The molecule has 120 valence electrons. The second kappa shape index (κ2) is 7.29. The second-order valence-corrected chi connectivity index (χ2v) is 8.38. The van der Waals surface area contributed by atoms with Crippen molar-refractivity contribution in [3.05, 3.63) is 11.9 Å². The Hall–Kier alpha value is -1.04. The Labute approximate surface area is 128 Å². The van der Waals surface area contributed by atoms with E-state index in [1.807, 2.05) is 6.92 Å². The maximum atomic E-state index is 12.0. The van der Waals surface area contributed by atoms with Crippen LogP contribution in [0.25, 0.3) is 0 Å². The molecule has 1 saturated carbocycles. The monoisotopic (exact) mass is 313 g/mol. The van der Waals surface area contributed by atoms with E-state index in [2.05, 4.69) is 21.7 Å². The van der Waals surface area contributed by atoms with Crippen LogP contribution in [0.1, 0.15) is 51.9 Å². The first kappa shape index (κ1) is 16.3. The molecule has 2 atom stereocenters. The number of allylic oxidation sites excluding steroid dienone is 1. The number of amidine groups is 1. The number of hydrogen-bond acceptors (Lipinski definition) is 5. The van der Waals surface area contributed by atoms with Gasteiger partial charge in [-0.3, -0.25) is 0 Å². The molecule has 21 heavy (non-hydrogen) atoms. The molecular formula is C15H27N3O2S. The topological polar surface area (TPSA) is 70.6 Å². The van der Waals surface area contributed by atoms with Crippen molar-refractivity contribution in [1.82, 2.24) is 10.6 Å².